The number of nitrogens with two attached hydrogens (primary N) is 1. The van der Waals surface area contributed by atoms with E-state index in [-0.39, 0.29) is 18.3 Å². The van der Waals surface area contributed by atoms with Gasteiger partial charge in [0.25, 0.3) is 5.91 Å². The number of aryl methyl sites for hydroxylation is 1. The monoisotopic (exact) mass is 257 g/mol. The van der Waals surface area contributed by atoms with Crippen LogP contribution in [0.4, 0.5) is 0 Å². The topological polar surface area (TPSA) is 105 Å². The highest BCUT2D eigenvalue weighted by molar-refractivity contribution is 7.08. The molecule has 0 aliphatic rings. The number of amides is 1. The number of hydrogen-bond acceptors (Lipinski definition) is 6. The van der Waals surface area contributed by atoms with Gasteiger partial charge >= 0.3 is 0 Å². The number of carbonyl (C=O) groups excluding carboxylic acids is 1. The zero-order valence-corrected chi connectivity index (χ0v) is 10.6. The molecular formula is C9H15N5O2S. The highest BCUT2D eigenvalue weighted by Gasteiger charge is 2.19. The summed E-state index contributed by atoms with van der Waals surface area (Å²) in [5.41, 5.74) is 6.04. The summed E-state index contributed by atoms with van der Waals surface area (Å²) >= 11 is 1.07. The third kappa shape index (κ3) is 3.38. The van der Waals surface area contributed by atoms with Crippen LogP contribution in [0, 0.1) is 0 Å². The molecule has 0 saturated heterocycles. The molecule has 0 bridgehead atoms. The Morgan fingerprint density at radius 1 is 1.65 bits per heavy atom. The van der Waals surface area contributed by atoms with E-state index >= 15 is 0 Å². The normalized spacial score (nSPS) is 11.5. The van der Waals surface area contributed by atoms with Crippen molar-refractivity contribution in [2.45, 2.75) is 19.8 Å². The number of likely N-dealkylation sites (N-methyl/N-ethyl adjacent to an activating group) is 1. The first-order valence-corrected chi connectivity index (χ1v) is 5.90. The van der Waals surface area contributed by atoms with Crippen LogP contribution in [0.1, 0.15) is 28.7 Å². The number of oxime groups is 1. The maximum absolute atomic E-state index is 12.0. The Labute approximate surface area is 103 Å². The maximum atomic E-state index is 12.0. The summed E-state index contributed by atoms with van der Waals surface area (Å²) < 4.78 is 3.78. The fourth-order valence-corrected chi connectivity index (χ4v) is 1.99. The first-order valence-electron chi connectivity index (χ1n) is 5.13. The maximum Gasteiger partial charge on any atom is 0.267 e. The van der Waals surface area contributed by atoms with Crippen LogP contribution < -0.4 is 5.73 Å². The van der Waals surface area contributed by atoms with Crippen LogP contribution in [0.25, 0.3) is 0 Å². The van der Waals surface area contributed by atoms with Gasteiger partial charge in [0.05, 0.1) is 12.2 Å². The van der Waals surface area contributed by atoms with Crippen LogP contribution in [0.5, 0.6) is 0 Å². The van der Waals surface area contributed by atoms with Gasteiger partial charge in [0.1, 0.15) is 4.88 Å². The lowest BCUT2D eigenvalue weighted by Crippen LogP contribution is -2.35. The largest absolute Gasteiger partial charge is 0.409 e. The average Bonchev–Trinajstić information content (AvgIpc) is 2.76. The predicted octanol–water partition coefficient (Wildman–Crippen LogP) is 0.309. The zero-order valence-electron chi connectivity index (χ0n) is 9.75. The fourth-order valence-electron chi connectivity index (χ4n) is 1.29. The van der Waals surface area contributed by atoms with Gasteiger partial charge in [-0.05, 0) is 18.0 Å². The minimum absolute atomic E-state index is 0.0182. The smallest absolute Gasteiger partial charge is 0.267 e. The van der Waals surface area contributed by atoms with Gasteiger partial charge < -0.3 is 15.8 Å². The molecule has 0 atom stereocenters. The van der Waals surface area contributed by atoms with E-state index in [0.717, 1.165) is 24.4 Å². The summed E-state index contributed by atoms with van der Waals surface area (Å²) in [5.74, 6) is -0.231. The number of hydrogen-bond donors (Lipinski definition) is 2. The predicted molar refractivity (Wildman–Crippen MR) is 64.3 cm³/mol. The lowest BCUT2D eigenvalue weighted by molar-refractivity contribution is 0.0817. The van der Waals surface area contributed by atoms with Gasteiger partial charge in [0.15, 0.2) is 5.84 Å². The molecule has 1 aromatic rings. The summed E-state index contributed by atoms with van der Waals surface area (Å²) in [5, 5.41) is 15.2. The minimum Gasteiger partial charge on any atom is -0.409 e. The molecule has 0 fully saturated rings. The van der Waals surface area contributed by atoms with Crippen molar-refractivity contribution >= 4 is 23.3 Å². The average molecular weight is 257 g/mol. The summed E-state index contributed by atoms with van der Waals surface area (Å²) in [6.45, 7) is 2.08. The second-order valence-electron chi connectivity index (χ2n) is 3.55. The van der Waals surface area contributed by atoms with E-state index in [0.29, 0.717) is 10.6 Å². The van der Waals surface area contributed by atoms with Crippen LogP contribution in [-0.2, 0) is 6.42 Å². The van der Waals surface area contributed by atoms with Crippen LogP contribution in [-0.4, -0.2) is 45.0 Å². The van der Waals surface area contributed by atoms with Crippen molar-refractivity contribution in [3.8, 4) is 0 Å². The lowest BCUT2D eigenvalue weighted by atomic mass is 10.2. The molecule has 1 heterocycles. The van der Waals surface area contributed by atoms with E-state index in [4.69, 9.17) is 10.9 Å². The Bertz CT molecular complexity index is 417. The highest BCUT2D eigenvalue weighted by atomic mass is 32.1. The quantitative estimate of drug-likeness (QED) is 0.342. The second kappa shape index (κ2) is 6.14. The molecule has 0 aliphatic heterocycles. The summed E-state index contributed by atoms with van der Waals surface area (Å²) in [6, 6.07) is 0. The molecule has 1 amide bonds. The number of nitrogens with zero attached hydrogens (tertiary/aromatic N) is 4. The van der Waals surface area contributed by atoms with Crippen LogP contribution >= 0.6 is 11.5 Å². The summed E-state index contributed by atoms with van der Waals surface area (Å²) in [7, 11) is 1.58. The van der Waals surface area contributed by atoms with E-state index in [1.165, 1.54) is 4.90 Å². The first-order chi connectivity index (χ1) is 8.10. The Kier molecular flexibility index (Phi) is 4.83. The van der Waals surface area contributed by atoms with Crippen molar-refractivity contribution < 1.29 is 10.0 Å². The molecule has 0 saturated carbocycles. The van der Waals surface area contributed by atoms with Gasteiger partial charge in [-0.2, -0.15) is 0 Å². The van der Waals surface area contributed by atoms with Gasteiger partial charge in [-0.1, -0.05) is 23.0 Å². The number of amidine groups is 1. The van der Waals surface area contributed by atoms with Gasteiger partial charge in [-0.15, -0.1) is 5.10 Å². The van der Waals surface area contributed by atoms with Gasteiger partial charge in [-0.25, -0.2) is 0 Å². The highest BCUT2D eigenvalue weighted by Crippen LogP contribution is 2.14. The molecule has 7 nitrogen and oxygen atoms in total. The molecule has 17 heavy (non-hydrogen) atoms. The number of aromatic nitrogens is 2. The molecule has 1 rings (SSSR count). The van der Waals surface area contributed by atoms with Crippen molar-refractivity contribution in [2.75, 3.05) is 13.6 Å². The fraction of sp³-hybridized carbons (Fsp3) is 0.556. The minimum atomic E-state index is -0.213. The molecule has 0 radical (unpaired) electrons. The third-order valence-corrected chi connectivity index (χ3v) is 2.87. The van der Waals surface area contributed by atoms with Crippen LogP contribution in [0.15, 0.2) is 5.16 Å². The van der Waals surface area contributed by atoms with Gasteiger partial charge in [0, 0.05) is 7.05 Å². The summed E-state index contributed by atoms with van der Waals surface area (Å²) in [6.07, 6.45) is 1.62. The van der Waals surface area contributed by atoms with Crippen LogP contribution in [0.3, 0.4) is 0 Å². The SMILES string of the molecule is CCCc1nnsc1C(=O)N(C)CC(N)=NO. The molecule has 0 spiro atoms. The summed E-state index contributed by atoms with van der Waals surface area (Å²) in [4.78, 5) is 13.9. The molecule has 8 heteroatoms. The Hall–Kier alpha value is -1.70. The molecule has 0 aliphatic carbocycles. The van der Waals surface area contributed by atoms with Gasteiger partial charge in [0.2, 0.25) is 0 Å². The molecule has 1 aromatic heterocycles. The van der Waals surface area contributed by atoms with E-state index < -0.39 is 0 Å². The Balaban J connectivity index is 2.77. The van der Waals surface area contributed by atoms with Crippen molar-refractivity contribution in [1.29, 1.82) is 0 Å². The van der Waals surface area contributed by atoms with Crippen molar-refractivity contribution in [1.82, 2.24) is 14.5 Å². The zero-order chi connectivity index (χ0) is 12.8. The Morgan fingerprint density at radius 2 is 2.35 bits per heavy atom. The number of carbonyl (C=O) groups is 1. The van der Waals surface area contributed by atoms with Crippen LogP contribution in [0.2, 0.25) is 0 Å². The van der Waals surface area contributed by atoms with E-state index in [1.807, 2.05) is 6.92 Å². The Morgan fingerprint density at radius 3 is 2.94 bits per heavy atom. The van der Waals surface area contributed by atoms with E-state index in [9.17, 15) is 4.79 Å². The molecule has 3 N–H and O–H groups in total. The second-order valence-corrected chi connectivity index (χ2v) is 4.31. The van der Waals surface area contributed by atoms with Gasteiger partial charge in [-0.3, -0.25) is 4.79 Å². The first kappa shape index (κ1) is 13.4. The molecule has 0 aromatic carbocycles. The van der Waals surface area contributed by atoms with E-state index in [1.54, 1.807) is 7.05 Å². The molecule has 0 unspecified atom stereocenters. The van der Waals surface area contributed by atoms with Crippen molar-refractivity contribution in [3.05, 3.63) is 10.6 Å². The van der Waals surface area contributed by atoms with Crippen molar-refractivity contribution in [3.63, 3.8) is 0 Å². The standard InChI is InChI=1S/C9H15N5O2S/c1-3-4-6-8(17-13-11-6)9(15)14(2)5-7(10)12-16/h16H,3-5H2,1-2H3,(H2,10,12). The van der Waals surface area contributed by atoms with E-state index in [2.05, 4.69) is 14.7 Å². The lowest BCUT2D eigenvalue weighted by Gasteiger charge is -2.15. The number of rotatable bonds is 5. The third-order valence-electron chi connectivity index (χ3n) is 2.11. The van der Waals surface area contributed by atoms with Crippen molar-refractivity contribution in [2.24, 2.45) is 10.9 Å². The molecular weight excluding hydrogens is 242 g/mol. The molecule has 94 valence electrons.